The molecule has 0 aliphatic rings. The lowest BCUT2D eigenvalue weighted by Crippen LogP contribution is -2.38. The van der Waals surface area contributed by atoms with Crippen LogP contribution in [-0.4, -0.2) is 49.0 Å². The molecule has 0 aliphatic heterocycles. The number of aromatic nitrogens is 2. The molecule has 0 amide bonds. The van der Waals surface area contributed by atoms with Crippen LogP contribution in [0.15, 0.2) is 23.5 Å². The molecule has 0 saturated heterocycles. The molecule has 138 valence electrons. The van der Waals surface area contributed by atoms with E-state index in [0.717, 1.165) is 57.7 Å². The lowest BCUT2D eigenvalue weighted by atomic mass is 10.1. The summed E-state index contributed by atoms with van der Waals surface area (Å²) in [4.78, 5) is 15.2. The first-order valence-electron chi connectivity index (χ1n) is 8.25. The van der Waals surface area contributed by atoms with Gasteiger partial charge in [-0.3, -0.25) is 14.5 Å². The van der Waals surface area contributed by atoms with E-state index in [-0.39, 0.29) is 29.9 Å². The molecule has 0 fully saturated rings. The average molecular weight is 451 g/mol. The van der Waals surface area contributed by atoms with Crippen molar-refractivity contribution in [3.63, 3.8) is 0 Å². The van der Waals surface area contributed by atoms with Gasteiger partial charge in [0, 0.05) is 45.5 Å². The van der Waals surface area contributed by atoms with Gasteiger partial charge in [-0.2, -0.15) is 5.10 Å². The van der Waals surface area contributed by atoms with E-state index in [1.165, 1.54) is 7.11 Å². The second-order valence-corrected chi connectivity index (χ2v) is 5.29. The molecule has 0 atom stereocenters. The summed E-state index contributed by atoms with van der Waals surface area (Å²) in [6.07, 6.45) is 9.38. The van der Waals surface area contributed by atoms with Gasteiger partial charge in [0.15, 0.2) is 5.96 Å². The maximum atomic E-state index is 11.0. The van der Waals surface area contributed by atoms with Crippen molar-refractivity contribution in [3.8, 4) is 0 Å². The Hall–Kier alpha value is -1.32. The number of esters is 1. The van der Waals surface area contributed by atoms with Crippen LogP contribution >= 0.6 is 24.0 Å². The highest BCUT2D eigenvalue weighted by Crippen LogP contribution is 2.03. The monoisotopic (exact) mass is 451 g/mol. The smallest absolute Gasteiger partial charge is 0.305 e. The van der Waals surface area contributed by atoms with Crippen LogP contribution in [0.1, 0.15) is 38.5 Å². The van der Waals surface area contributed by atoms with Crippen LogP contribution in [0, 0.1) is 0 Å². The van der Waals surface area contributed by atoms with Gasteiger partial charge in [0.2, 0.25) is 0 Å². The maximum Gasteiger partial charge on any atom is 0.305 e. The molecule has 7 nitrogen and oxygen atoms in total. The second kappa shape index (κ2) is 15.2. The molecule has 0 radical (unpaired) electrons. The average Bonchev–Trinajstić information content (AvgIpc) is 3.08. The summed E-state index contributed by atoms with van der Waals surface area (Å²) in [5, 5.41) is 10.8. The Morgan fingerprint density at radius 2 is 1.88 bits per heavy atom. The van der Waals surface area contributed by atoms with Gasteiger partial charge in [-0.05, 0) is 25.3 Å². The zero-order valence-corrected chi connectivity index (χ0v) is 17.0. The van der Waals surface area contributed by atoms with E-state index in [9.17, 15) is 4.79 Å². The normalized spacial score (nSPS) is 10.8. The van der Waals surface area contributed by atoms with Gasteiger partial charge < -0.3 is 15.4 Å². The van der Waals surface area contributed by atoms with E-state index >= 15 is 0 Å². The molecule has 1 rings (SSSR count). The summed E-state index contributed by atoms with van der Waals surface area (Å²) in [5.41, 5.74) is 0. The topological polar surface area (TPSA) is 80.5 Å². The van der Waals surface area contributed by atoms with E-state index in [2.05, 4.69) is 25.5 Å². The molecule has 0 aliphatic carbocycles. The molecule has 1 heterocycles. The Kier molecular flexibility index (Phi) is 14.4. The number of guanidine groups is 1. The summed E-state index contributed by atoms with van der Waals surface area (Å²) < 4.78 is 6.54. The van der Waals surface area contributed by atoms with Crippen LogP contribution in [0.2, 0.25) is 0 Å². The highest BCUT2D eigenvalue weighted by molar-refractivity contribution is 14.0. The van der Waals surface area contributed by atoms with Crippen LogP contribution in [-0.2, 0) is 16.1 Å². The molecule has 0 aromatic carbocycles. The fraction of sp³-hybridized carbons (Fsp3) is 0.688. The molecule has 1 aromatic rings. The van der Waals surface area contributed by atoms with Crippen molar-refractivity contribution in [3.05, 3.63) is 18.5 Å². The zero-order valence-electron chi connectivity index (χ0n) is 14.7. The molecule has 0 unspecified atom stereocenters. The summed E-state index contributed by atoms with van der Waals surface area (Å²) in [6, 6.07) is 1.93. The maximum absolute atomic E-state index is 11.0. The van der Waals surface area contributed by atoms with E-state index < -0.39 is 0 Å². The summed E-state index contributed by atoms with van der Waals surface area (Å²) in [7, 11) is 3.21. The number of unbranched alkanes of at least 4 members (excludes halogenated alkanes) is 3. The van der Waals surface area contributed by atoms with Gasteiger partial charge in [-0.25, -0.2) is 0 Å². The van der Waals surface area contributed by atoms with Gasteiger partial charge in [0.25, 0.3) is 0 Å². The van der Waals surface area contributed by atoms with Gasteiger partial charge in [0.05, 0.1) is 7.11 Å². The number of rotatable bonds is 11. The largest absolute Gasteiger partial charge is 0.469 e. The Morgan fingerprint density at radius 1 is 1.17 bits per heavy atom. The summed E-state index contributed by atoms with van der Waals surface area (Å²) in [5.74, 6) is 0.711. The van der Waals surface area contributed by atoms with Gasteiger partial charge in [-0.1, -0.05) is 12.8 Å². The summed E-state index contributed by atoms with van der Waals surface area (Å²) in [6.45, 7) is 2.65. The number of nitrogens with zero attached hydrogens (tertiary/aromatic N) is 3. The minimum atomic E-state index is -0.122. The number of aliphatic imine (C=N–C) groups is 1. The number of methoxy groups -OCH3 is 1. The van der Waals surface area contributed by atoms with Crippen LogP contribution in [0.5, 0.6) is 0 Å². The van der Waals surface area contributed by atoms with Crippen LogP contribution in [0.3, 0.4) is 0 Å². The highest BCUT2D eigenvalue weighted by Gasteiger charge is 2.00. The van der Waals surface area contributed by atoms with E-state index in [0.29, 0.717) is 6.42 Å². The predicted octanol–water partition coefficient (Wildman–Crippen LogP) is 2.18. The fourth-order valence-electron chi connectivity index (χ4n) is 2.16. The highest BCUT2D eigenvalue weighted by atomic mass is 127. The molecule has 2 N–H and O–H groups in total. The van der Waals surface area contributed by atoms with Crippen molar-refractivity contribution in [2.45, 2.75) is 45.1 Å². The van der Waals surface area contributed by atoms with Crippen molar-refractivity contribution in [2.24, 2.45) is 4.99 Å². The van der Waals surface area contributed by atoms with Crippen LogP contribution in [0.4, 0.5) is 0 Å². The molecule has 8 heteroatoms. The first-order valence-corrected chi connectivity index (χ1v) is 8.25. The minimum Gasteiger partial charge on any atom is -0.469 e. The third kappa shape index (κ3) is 11.3. The Bertz CT molecular complexity index is 451. The van der Waals surface area contributed by atoms with Gasteiger partial charge >= 0.3 is 5.97 Å². The van der Waals surface area contributed by atoms with E-state index in [4.69, 9.17) is 0 Å². The molecule has 0 spiro atoms. The minimum absolute atomic E-state index is 0. The number of carbonyl (C=O) groups excluding carboxylic acids is 1. The van der Waals surface area contributed by atoms with Crippen molar-refractivity contribution in [1.82, 2.24) is 20.4 Å². The van der Waals surface area contributed by atoms with Gasteiger partial charge in [-0.15, -0.1) is 24.0 Å². The van der Waals surface area contributed by atoms with Crippen molar-refractivity contribution in [1.29, 1.82) is 0 Å². The Labute approximate surface area is 161 Å². The number of halogens is 1. The number of hydrogen-bond acceptors (Lipinski definition) is 4. The van der Waals surface area contributed by atoms with E-state index in [1.807, 2.05) is 16.9 Å². The van der Waals surface area contributed by atoms with Crippen molar-refractivity contribution >= 4 is 35.9 Å². The number of nitrogens with one attached hydrogen (secondary N) is 2. The Balaban J connectivity index is 0.00000529. The lowest BCUT2D eigenvalue weighted by molar-refractivity contribution is -0.140. The standard InChI is InChI=1S/C16H29N5O2.HI/c1-17-16(19-11-7-13-21-14-8-12-20-21)18-10-6-4-3-5-9-15(22)23-2;/h8,12,14H,3-7,9-11,13H2,1-2H3,(H2,17,18,19);1H. The fourth-order valence-corrected chi connectivity index (χ4v) is 2.16. The molecule has 0 bridgehead atoms. The molecule has 0 saturated carbocycles. The molecule has 24 heavy (non-hydrogen) atoms. The van der Waals surface area contributed by atoms with Crippen molar-refractivity contribution in [2.75, 3.05) is 27.2 Å². The van der Waals surface area contributed by atoms with Crippen molar-refractivity contribution < 1.29 is 9.53 Å². The predicted molar refractivity (Wildman–Crippen MR) is 107 cm³/mol. The first kappa shape index (κ1) is 22.7. The van der Waals surface area contributed by atoms with Gasteiger partial charge in [0.1, 0.15) is 0 Å². The lowest BCUT2D eigenvalue weighted by Gasteiger charge is -2.11. The first-order chi connectivity index (χ1) is 11.3. The summed E-state index contributed by atoms with van der Waals surface area (Å²) >= 11 is 0. The number of ether oxygens (including phenoxy) is 1. The number of aryl methyl sites for hydroxylation is 1. The van der Waals surface area contributed by atoms with E-state index in [1.54, 1.807) is 13.2 Å². The van der Waals surface area contributed by atoms with Crippen LogP contribution in [0.25, 0.3) is 0 Å². The molecular formula is C16H30IN5O2. The Morgan fingerprint density at radius 3 is 2.50 bits per heavy atom. The zero-order chi connectivity index (χ0) is 16.8. The quantitative estimate of drug-likeness (QED) is 0.177. The molecular weight excluding hydrogens is 421 g/mol. The SMILES string of the molecule is CN=C(NCCCCCCC(=O)OC)NCCCn1cccn1.I. The third-order valence-electron chi connectivity index (χ3n) is 3.47. The second-order valence-electron chi connectivity index (χ2n) is 5.29. The third-order valence-corrected chi connectivity index (χ3v) is 3.47. The molecule has 1 aromatic heterocycles. The number of carbonyl (C=O) groups is 1. The van der Waals surface area contributed by atoms with Crippen LogP contribution < -0.4 is 10.6 Å². The number of hydrogen-bond donors (Lipinski definition) is 2.